The minimum absolute atomic E-state index is 0.0960. The highest BCUT2D eigenvalue weighted by Crippen LogP contribution is 2.19. The fraction of sp³-hybridized carbons (Fsp3) is 0.600. The molecule has 0 radical (unpaired) electrons. The molecule has 0 aromatic carbocycles. The van der Waals surface area contributed by atoms with Gasteiger partial charge in [-0.25, -0.2) is 4.98 Å². The van der Waals surface area contributed by atoms with Crippen molar-refractivity contribution in [1.82, 2.24) is 10.3 Å². The van der Waals surface area contributed by atoms with E-state index in [1.54, 1.807) is 6.20 Å². The lowest BCUT2D eigenvalue weighted by Gasteiger charge is -2.21. The molecule has 1 saturated heterocycles. The molecular weight excluding hydrogens is 292 g/mol. The molecule has 6 heteroatoms. The second-order valence-corrected chi connectivity index (χ2v) is 6.17. The van der Waals surface area contributed by atoms with Crippen LogP contribution in [0.2, 0.25) is 0 Å². The molecule has 1 aromatic rings. The Labute approximate surface area is 107 Å². The molecule has 1 aliphatic heterocycles. The summed E-state index contributed by atoms with van der Waals surface area (Å²) in [5.41, 5.74) is 0. The molecule has 2 rings (SSSR count). The molecule has 1 amide bonds. The van der Waals surface area contributed by atoms with E-state index in [-0.39, 0.29) is 5.91 Å². The number of rotatable bonds is 3. The summed E-state index contributed by atoms with van der Waals surface area (Å²) in [6, 6.07) is 0. The number of hydrogen-bond acceptors (Lipinski definition) is 4. The van der Waals surface area contributed by atoms with E-state index in [2.05, 4.69) is 26.2 Å². The van der Waals surface area contributed by atoms with E-state index < -0.39 is 0 Å². The molecular formula is C10H13BrN2O2S. The molecule has 2 heterocycles. The van der Waals surface area contributed by atoms with E-state index in [0.717, 1.165) is 29.8 Å². The van der Waals surface area contributed by atoms with Crippen LogP contribution in [0.25, 0.3) is 0 Å². The third-order valence-corrected chi connectivity index (χ3v) is 3.95. The predicted molar refractivity (Wildman–Crippen MR) is 65.7 cm³/mol. The predicted octanol–water partition coefficient (Wildman–Crippen LogP) is 2.06. The summed E-state index contributed by atoms with van der Waals surface area (Å²) in [7, 11) is 0. The van der Waals surface area contributed by atoms with E-state index in [1.165, 1.54) is 11.3 Å². The molecule has 16 heavy (non-hydrogen) atoms. The van der Waals surface area contributed by atoms with Gasteiger partial charge >= 0.3 is 0 Å². The maximum Gasteiger partial charge on any atom is 0.280 e. The van der Waals surface area contributed by atoms with Crippen LogP contribution in [0.4, 0.5) is 0 Å². The summed E-state index contributed by atoms with van der Waals surface area (Å²) in [6.07, 6.45) is 3.86. The number of halogens is 1. The summed E-state index contributed by atoms with van der Waals surface area (Å²) in [6.45, 7) is 2.28. The van der Waals surface area contributed by atoms with Crippen LogP contribution in [0, 0.1) is 5.92 Å². The molecule has 0 saturated carbocycles. The van der Waals surface area contributed by atoms with Crippen molar-refractivity contribution in [3.05, 3.63) is 15.0 Å². The van der Waals surface area contributed by atoms with Crippen molar-refractivity contribution in [2.45, 2.75) is 12.8 Å². The van der Waals surface area contributed by atoms with Gasteiger partial charge in [0.1, 0.15) is 0 Å². The van der Waals surface area contributed by atoms with Crippen molar-refractivity contribution in [2.24, 2.45) is 5.92 Å². The SMILES string of the molecule is O=C(NC[C@@H]1CCCOC1)c1ncc(Br)s1. The van der Waals surface area contributed by atoms with Gasteiger partial charge in [-0.1, -0.05) is 0 Å². The number of nitrogens with zero attached hydrogens (tertiary/aromatic N) is 1. The zero-order chi connectivity index (χ0) is 11.4. The Balaban J connectivity index is 1.79. The van der Waals surface area contributed by atoms with Gasteiger partial charge in [0, 0.05) is 13.2 Å². The fourth-order valence-corrected chi connectivity index (χ4v) is 2.76. The Morgan fingerprint density at radius 1 is 1.75 bits per heavy atom. The van der Waals surface area contributed by atoms with Crippen molar-refractivity contribution in [1.29, 1.82) is 0 Å². The number of nitrogens with one attached hydrogen (secondary N) is 1. The first-order chi connectivity index (χ1) is 7.75. The van der Waals surface area contributed by atoms with Crippen LogP contribution in [-0.2, 0) is 4.74 Å². The summed E-state index contributed by atoms with van der Waals surface area (Å²) >= 11 is 4.63. The highest BCUT2D eigenvalue weighted by Gasteiger charge is 2.16. The van der Waals surface area contributed by atoms with E-state index in [4.69, 9.17) is 4.74 Å². The van der Waals surface area contributed by atoms with Gasteiger partial charge < -0.3 is 10.1 Å². The first-order valence-corrected chi connectivity index (χ1v) is 6.84. The van der Waals surface area contributed by atoms with Crippen LogP contribution in [-0.4, -0.2) is 30.6 Å². The lowest BCUT2D eigenvalue weighted by molar-refractivity contribution is 0.0536. The first kappa shape index (κ1) is 12.0. The number of aromatic nitrogens is 1. The van der Waals surface area contributed by atoms with Gasteiger partial charge in [-0.05, 0) is 34.7 Å². The van der Waals surface area contributed by atoms with Gasteiger partial charge in [-0.15, -0.1) is 11.3 Å². The highest BCUT2D eigenvalue weighted by molar-refractivity contribution is 9.11. The Morgan fingerprint density at radius 3 is 3.25 bits per heavy atom. The lowest BCUT2D eigenvalue weighted by atomic mass is 10.0. The van der Waals surface area contributed by atoms with Crippen LogP contribution in [0.3, 0.4) is 0 Å². The van der Waals surface area contributed by atoms with Gasteiger partial charge in [-0.3, -0.25) is 4.79 Å². The molecule has 0 bridgehead atoms. The van der Waals surface area contributed by atoms with Crippen LogP contribution in [0.15, 0.2) is 9.98 Å². The van der Waals surface area contributed by atoms with Crippen LogP contribution < -0.4 is 5.32 Å². The Kier molecular flexibility index (Phi) is 4.31. The number of hydrogen-bond donors (Lipinski definition) is 1. The quantitative estimate of drug-likeness (QED) is 0.930. The lowest BCUT2D eigenvalue weighted by Crippen LogP contribution is -2.33. The molecule has 1 aliphatic rings. The third-order valence-electron chi connectivity index (χ3n) is 2.48. The molecule has 1 N–H and O–H groups in total. The Bertz CT molecular complexity index is 363. The maximum absolute atomic E-state index is 11.7. The van der Waals surface area contributed by atoms with Crippen molar-refractivity contribution < 1.29 is 9.53 Å². The Hall–Kier alpha value is -0.460. The molecule has 4 nitrogen and oxygen atoms in total. The number of carbonyl (C=O) groups excluding carboxylic acids is 1. The number of carbonyl (C=O) groups is 1. The normalized spacial score (nSPS) is 20.7. The summed E-state index contributed by atoms with van der Waals surface area (Å²) in [4.78, 5) is 15.7. The molecule has 1 fully saturated rings. The van der Waals surface area contributed by atoms with E-state index in [1.807, 2.05) is 0 Å². The van der Waals surface area contributed by atoms with Crippen molar-refractivity contribution in [2.75, 3.05) is 19.8 Å². The molecule has 88 valence electrons. The molecule has 0 spiro atoms. The molecule has 1 atom stereocenters. The van der Waals surface area contributed by atoms with Crippen LogP contribution in [0.1, 0.15) is 22.6 Å². The second-order valence-electron chi connectivity index (χ2n) is 3.76. The van der Waals surface area contributed by atoms with Crippen molar-refractivity contribution >= 4 is 33.2 Å². The van der Waals surface area contributed by atoms with Gasteiger partial charge in [0.25, 0.3) is 5.91 Å². The number of ether oxygens (including phenoxy) is 1. The highest BCUT2D eigenvalue weighted by atomic mass is 79.9. The molecule has 0 unspecified atom stereocenters. The zero-order valence-electron chi connectivity index (χ0n) is 8.74. The topological polar surface area (TPSA) is 51.2 Å². The largest absolute Gasteiger partial charge is 0.381 e. The average molecular weight is 305 g/mol. The summed E-state index contributed by atoms with van der Waals surface area (Å²) in [5.74, 6) is 0.349. The summed E-state index contributed by atoms with van der Waals surface area (Å²) < 4.78 is 6.23. The van der Waals surface area contributed by atoms with Gasteiger partial charge in [0.15, 0.2) is 5.01 Å². The average Bonchev–Trinajstić information content (AvgIpc) is 2.74. The monoisotopic (exact) mass is 304 g/mol. The minimum atomic E-state index is -0.0960. The van der Waals surface area contributed by atoms with Crippen LogP contribution in [0.5, 0.6) is 0 Å². The Morgan fingerprint density at radius 2 is 2.62 bits per heavy atom. The fourth-order valence-electron chi connectivity index (χ4n) is 1.64. The number of thiazole rings is 1. The smallest absolute Gasteiger partial charge is 0.280 e. The standard InChI is InChI=1S/C10H13BrN2O2S/c11-8-5-13-10(16-8)9(14)12-4-7-2-1-3-15-6-7/h5,7H,1-4,6H2,(H,12,14)/t7-/m0/s1. The maximum atomic E-state index is 11.7. The van der Waals surface area contributed by atoms with E-state index in [0.29, 0.717) is 17.5 Å². The zero-order valence-corrected chi connectivity index (χ0v) is 11.1. The van der Waals surface area contributed by atoms with Gasteiger partial charge in [0.05, 0.1) is 16.6 Å². The van der Waals surface area contributed by atoms with Crippen molar-refractivity contribution in [3.63, 3.8) is 0 Å². The minimum Gasteiger partial charge on any atom is -0.381 e. The van der Waals surface area contributed by atoms with Crippen molar-refractivity contribution in [3.8, 4) is 0 Å². The van der Waals surface area contributed by atoms with Gasteiger partial charge in [0.2, 0.25) is 0 Å². The van der Waals surface area contributed by atoms with E-state index in [9.17, 15) is 4.79 Å². The second kappa shape index (κ2) is 5.75. The number of amides is 1. The van der Waals surface area contributed by atoms with Crippen LogP contribution >= 0.6 is 27.3 Å². The molecule has 1 aromatic heterocycles. The molecule has 0 aliphatic carbocycles. The van der Waals surface area contributed by atoms with Gasteiger partial charge in [-0.2, -0.15) is 0 Å². The third kappa shape index (κ3) is 3.26. The first-order valence-electron chi connectivity index (χ1n) is 5.23. The van der Waals surface area contributed by atoms with E-state index >= 15 is 0 Å². The summed E-state index contributed by atoms with van der Waals surface area (Å²) in [5, 5.41) is 3.39.